The van der Waals surface area contributed by atoms with E-state index in [-0.39, 0.29) is 11.9 Å². The Balaban J connectivity index is 2.00. The molecule has 0 aromatic heterocycles. The number of benzene rings is 1. The summed E-state index contributed by atoms with van der Waals surface area (Å²) in [5.41, 5.74) is 6.88. The second kappa shape index (κ2) is 4.65. The Hall–Kier alpha value is -1.33. The van der Waals surface area contributed by atoms with E-state index in [4.69, 9.17) is 29.6 Å². The summed E-state index contributed by atoms with van der Waals surface area (Å²) in [6.07, 6.45) is 3.01. The van der Waals surface area contributed by atoms with Gasteiger partial charge in [0.1, 0.15) is 6.04 Å². The van der Waals surface area contributed by atoms with Crippen LogP contribution in [0.2, 0.25) is 5.02 Å². The van der Waals surface area contributed by atoms with Crippen molar-refractivity contribution in [1.29, 1.82) is 0 Å². The number of hydrogen-bond acceptors (Lipinski definition) is 3. The molecule has 1 aromatic carbocycles. The smallest absolute Gasteiger partial charge is 0.256 e. The van der Waals surface area contributed by atoms with E-state index in [0.29, 0.717) is 21.5 Å². The highest BCUT2D eigenvalue weighted by atomic mass is 35.5. The van der Waals surface area contributed by atoms with E-state index in [0.717, 1.165) is 25.8 Å². The lowest BCUT2D eigenvalue weighted by molar-refractivity contribution is -0.120. The molecule has 1 atom stereocenters. The van der Waals surface area contributed by atoms with Crippen molar-refractivity contribution in [2.75, 3.05) is 17.2 Å². The van der Waals surface area contributed by atoms with Gasteiger partial charge in [-0.1, -0.05) is 11.6 Å². The van der Waals surface area contributed by atoms with E-state index in [9.17, 15) is 4.79 Å². The number of fused-ring (bicyclic) bond motifs is 1. The number of nitrogen functional groups attached to an aromatic ring is 1. The van der Waals surface area contributed by atoms with Crippen LogP contribution < -0.4 is 10.6 Å². The molecule has 2 N–H and O–H groups in total. The van der Waals surface area contributed by atoms with Gasteiger partial charge in [-0.05, 0) is 49.7 Å². The fourth-order valence-corrected chi connectivity index (χ4v) is 3.40. The fraction of sp³-hybridized carbons (Fsp3) is 0.385. The van der Waals surface area contributed by atoms with Gasteiger partial charge in [-0.2, -0.15) is 0 Å². The number of hydrogen-bond donors (Lipinski definition) is 1. The van der Waals surface area contributed by atoms with E-state index in [1.165, 1.54) is 0 Å². The van der Waals surface area contributed by atoms with Crippen LogP contribution in [0.15, 0.2) is 18.2 Å². The Morgan fingerprint density at radius 3 is 2.84 bits per heavy atom. The number of carbonyl (C=O) groups is 1. The van der Waals surface area contributed by atoms with Crippen molar-refractivity contribution < 1.29 is 4.79 Å². The summed E-state index contributed by atoms with van der Waals surface area (Å²) in [5, 5.41) is 1.01. The summed E-state index contributed by atoms with van der Waals surface area (Å²) >= 11 is 11.6. The number of nitrogens with two attached hydrogens (primary N) is 1. The van der Waals surface area contributed by atoms with Crippen molar-refractivity contribution in [3.8, 4) is 0 Å². The molecule has 6 heteroatoms. The molecule has 2 saturated heterocycles. The minimum atomic E-state index is -0.116. The monoisotopic (exact) mass is 295 g/mol. The van der Waals surface area contributed by atoms with E-state index < -0.39 is 0 Å². The van der Waals surface area contributed by atoms with E-state index in [1.54, 1.807) is 23.1 Å². The zero-order valence-corrected chi connectivity index (χ0v) is 11.9. The average Bonchev–Trinajstić information content (AvgIpc) is 2.64. The van der Waals surface area contributed by atoms with Crippen LogP contribution in [-0.2, 0) is 4.79 Å². The van der Waals surface area contributed by atoms with Gasteiger partial charge in [-0.3, -0.25) is 9.69 Å². The highest BCUT2D eigenvalue weighted by Gasteiger charge is 2.44. The maximum Gasteiger partial charge on any atom is 0.256 e. The van der Waals surface area contributed by atoms with Crippen LogP contribution in [0, 0.1) is 0 Å². The molecular formula is C13H14ClN3OS. The minimum Gasteiger partial charge on any atom is -0.399 e. The molecule has 100 valence electrons. The number of carbonyl (C=O) groups excluding carboxylic acids is 1. The van der Waals surface area contributed by atoms with Gasteiger partial charge in [0.15, 0.2) is 5.11 Å². The molecule has 0 bridgehead atoms. The first-order valence-corrected chi connectivity index (χ1v) is 7.08. The second-order valence-corrected chi connectivity index (χ2v) is 5.64. The van der Waals surface area contributed by atoms with Gasteiger partial charge in [0.05, 0.1) is 10.7 Å². The lowest BCUT2D eigenvalue weighted by atomic mass is 10.0. The lowest BCUT2D eigenvalue weighted by Crippen LogP contribution is -2.38. The summed E-state index contributed by atoms with van der Waals surface area (Å²) in [4.78, 5) is 16.1. The third-order valence-electron chi connectivity index (χ3n) is 3.66. The predicted molar refractivity (Wildman–Crippen MR) is 80.3 cm³/mol. The predicted octanol–water partition coefficient (Wildman–Crippen LogP) is 2.41. The quantitative estimate of drug-likeness (QED) is 0.638. The first kappa shape index (κ1) is 12.7. The molecule has 4 nitrogen and oxygen atoms in total. The molecule has 0 saturated carbocycles. The summed E-state index contributed by atoms with van der Waals surface area (Å²) in [6.45, 7) is 0.846. The summed E-state index contributed by atoms with van der Waals surface area (Å²) < 4.78 is 0. The first-order valence-electron chi connectivity index (χ1n) is 6.29. The van der Waals surface area contributed by atoms with Crippen molar-refractivity contribution in [3.05, 3.63) is 23.2 Å². The van der Waals surface area contributed by atoms with Crippen LogP contribution in [0.4, 0.5) is 11.4 Å². The topological polar surface area (TPSA) is 49.6 Å². The van der Waals surface area contributed by atoms with Crippen LogP contribution in [-0.4, -0.2) is 28.5 Å². The van der Waals surface area contributed by atoms with E-state index in [2.05, 4.69) is 0 Å². The van der Waals surface area contributed by atoms with Crippen molar-refractivity contribution in [2.45, 2.75) is 25.3 Å². The molecule has 1 aromatic rings. The Morgan fingerprint density at radius 2 is 2.16 bits per heavy atom. The van der Waals surface area contributed by atoms with Crippen LogP contribution in [0.5, 0.6) is 0 Å². The molecular weight excluding hydrogens is 282 g/mol. The number of rotatable bonds is 1. The standard InChI is InChI=1S/C13H14ClN3OS/c14-9-7-8(15)4-5-10(9)17-12(18)11-3-1-2-6-16(11)13(17)19/h4-5,7,11H,1-3,6,15H2. The average molecular weight is 296 g/mol. The molecule has 2 aliphatic rings. The molecule has 2 fully saturated rings. The van der Waals surface area contributed by atoms with Crippen LogP contribution in [0.1, 0.15) is 19.3 Å². The fourth-order valence-electron chi connectivity index (χ4n) is 2.72. The number of thiocarbonyl (C=S) groups is 1. The van der Waals surface area contributed by atoms with Gasteiger partial charge in [-0.25, -0.2) is 0 Å². The highest BCUT2D eigenvalue weighted by molar-refractivity contribution is 7.80. The Labute approximate surface area is 122 Å². The third-order valence-corrected chi connectivity index (χ3v) is 4.38. The molecule has 0 radical (unpaired) electrons. The minimum absolute atomic E-state index is 0.0244. The molecule has 0 aliphatic carbocycles. The highest BCUT2D eigenvalue weighted by Crippen LogP contribution is 2.35. The SMILES string of the molecule is Nc1ccc(N2C(=O)C3CCCCN3C2=S)c(Cl)c1. The van der Waals surface area contributed by atoms with Crippen molar-refractivity contribution in [2.24, 2.45) is 0 Å². The van der Waals surface area contributed by atoms with Gasteiger partial charge in [0.2, 0.25) is 0 Å². The van der Waals surface area contributed by atoms with Crippen molar-refractivity contribution in [3.63, 3.8) is 0 Å². The van der Waals surface area contributed by atoms with Gasteiger partial charge < -0.3 is 10.6 Å². The lowest BCUT2D eigenvalue weighted by Gasteiger charge is -2.27. The first-order chi connectivity index (χ1) is 9.09. The zero-order valence-electron chi connectivity index (χ0n) is 10.3. The zero-order chi connectivity index (χ0) is 13.6. The van der Waals surface area contributed by atoms with Gasteiger partial charge in [-0.15, -0.1) is 0 Å². The number of nitrogens with zero attached hydrogens (tertiary/aromatic N) is 2. The van der Waals surface area contributed by atoms with Crippen LogP contribution >= 0.6 is 23.8 Å². The van der Waals surface area contributed by atoms with Gasteiger partial charge in [0, 0.05) is 12.2 Å². The van der Waals surface area contributed by atoms with Gasteiger partial charge >= 0.3 is 0 Å². The number of halogens is 1. The summed E-state index contributed by atoms with van der Waals surface area (Å²) in [6, 6.07) is 5.01. The summed E-state index contributed by atoms with van der Waals surface area (Å²) in [5.74, 6) is 0.0244. The summed E-state index contributed by atoms with van der Waals surface area (Å²) in [7, 11) is 0. The maximum atomic E-state index is 12.5. The molecule has 1 unspecified atom stereocenters. The normalized spacial score (nSPS) is 22.9. The molecule has 0 spiro atoms. The second-order valence-electron chi connectivity index (χ2n) is 4.87. The van der Waals surface area contributed by atoms with Gasteiger partial charge in [0.25, 0.3) is 5.91 Å². The molecule has 2 heterocycles. The Morgan fingerprint density at radius 1 is 1.37 bits per heavy atom. The van der Waals surface area contributed by atoms with Crippen LogP contribution in [0.3, 0.4) is 0 Å². The largest absolute Gasteiger partial charge is 0.399 e. The number of amides is 1. The molecule has 19 heavy (non-hydrogen) atoms. The third kappa shape index (κ3) is 1.97. The van der Waals surface area contributed by atoms with Crippen molar-refractivity contribution in [1.82, 2.24) is 4.90 Å². The van der Waals surface area contributed by atoms with Crippen molar-refractivity contribution >= 4 is 46.2 Å². The molecule has 1 amide bonds. The molecule has 2 aliphatic heterocycles. The maximum absolute atomic E-state index is 12.5. The Bertz CT molecular complexity index is 539. The number of piperidine rings is 1. The Kier molecular flexibility index (Phi) is 3.11. The number of anilines is 2. The van der Waals surface area contributed by atoms with E-state index >= 15 is 0 Å². The molecule has 3 rings (SSSR count). The van der Waals surface area contributed by atoms with Crippen LogP contribution in [0.25, 0.3) is 0 Å². The van der Waals surface area contributed by atoms with E-state index in [1.807, 2.05) is 4.90 Å².